The summed E-state index contributed by atoms with van der Waals surface area (Å²) in [5.74, 6) is -1.54. The van der Waals surface area contributed by atoms with Gasteiger partial charge in [-0.15, -0.1) is 0 Å². The molecule has 20 heteroatoms. The van der Waals surface area contributed by atoms with E-state index in [0.717, 1.165) is 75.6 Å². The largest absolute Gasteiger partial charge is 1.00 e. The van der Waals surface area contributed by atoms with E-state index in [1.54, 1.807) is 24.3 Å². The zero-order chi connectivity index (χ0) is 47.7. The first-order valence-electron chi connectivity index (χ1n) is 23.2. The number of benzene rings is 2. The summed E-state index contributed by atoms with van der Waals surface area (Å²) in [4.78, 5) is 45.8. The quantitative estimate of drug-likeness (QED) is 0.126. The molecule has 4 aliphatic rings. The van der Waals surface area contributed by atoms with Gasteiger partial charge in [-0.05, 0) is 118 Å². The summed E-state index contributed by atoms with van der Waals surface area (Å²) in [5, 5.41) is 34.3. The topological polar surface area (TPSA) is 236 Å². The van der Waals surface area contributed by atoms with E-state index in [1.165, 1.54) is 0 Å². The summed E-state index contributed by atoms with van der Waals surface area (Å²) in [5.41, 5.74) is 0.575. The molecule has 68 heavy (non-hydrogen) atoms. The molecular formula is C48H70Li2N4O14. The zero-order valence-corrected chi connectivity index (χ0v) is 41.3. The molecule has 0 radical (unpaired) electrons. The van der Waals surface area contributed by atoms with Crippen molar-refractivity contribution in [1.82, 2.24) is 21.3 Å². The summed E-state index contributed by atoms with van der Waals surface area (Å²) in [7, 11) is 0. The van der Waals surface area contributed by atoms with E-state index < -0.39 is 48.5 Å². The molecular weight excluding hydrogens is 870 g/mol. The molecule has 4 unspecified atom stereocenters. The molecule has 4 aliphatic heterocycles. The second-order valence-electron chi connectivity index (χ2n) is 19.0. The van der Waals surface area contributed by atoms with Crippen LogP contribution in [0.25, 0.3) is 0 Å². The van der Waals surface area contributed by atoms with Crippen molar-refractivity contribution in [3.8, 4) is 11.5 Å². The van der Waals surface area contributed by atoms with Crippen molar-refractivity contribution in [1.29, 1.82) is 0 Å². The summed E-state index contributed by atoms with van der Waals surface area (Å²) in [6.07, 6.45) is 5.46. The number of ether oxygens (including phenoxy) is 8. The number of rotatable bonds is 16. The Morgan fingerprint density at radius 3 is 1.32 bits per heavy atom. The third-order valence-electron chi connectivity index (χ3n) is 11.3. The van der Waals surface area contributed by atoms with Crippen LogP contribution in [0.3, 0.4) is 0 Å². The number of hydrogen-bond donors (Lipinski definition) is 4. The van der Waals surface area contributed by atoms with E-state index >= 15 is 0 Å². The van der Waals surface area contributed by atoms with Gasteiger partial charge in [0.15, 0.2) is 0 Å². The van der Waals surface area contributed by atoms with Crippen LogP contribution in [-0.4, -0.2) is 124 Å². The average molecular weight is 941 g/mol. The minimum absolute atomic E-state index is 0. The number of hydrogen-bond acceptors (Lipinski definition) is 16. The summed E-state index contributed by atoms with van der Waals surface area (Å²) >= 11 is 0. The Morgan fingerprint density at radius 1 is 0.603 bits per heavy atom. The fourth-order valence-electron chi connectivity index (χ4n) is 8.24. The van der Waals surface area contributed by atoms with Crippen LogP contribution in [0.4, 0.5) is 9.59 Å². The van der Waals surface area contributed by atoms with Gasteiger partial charge in [-0.25, -0.2) is 9.59 Å². The number of carbonyl (C=O) groups excluding carboxylic acids is 4. The maximum Gasteiger partial charge on any atom is 1.00 e. The van der Waals surface area contributed by atoms with Crippen molar-refractivity contribution >= 4 is 24.1 Å². The Bertz CT molecular complexity index is 1720. The fourth-order valence-corrected chi connectivity index (χ4v) is 8.24. The van der Waals surface area contributed by atoms with Gasteiger partial charge in [-0.1, -0.05) is 36.4 Å². The zero-order valence-electron chi connectivity index (χ0n) is 41.3. The first-order chi connectivity index (χ1) is 31.4. The Balaban J connectivity index is 0.000000350. The Hall–Kier alpha value is -3.53. The number of alkyl carbamates (subject to hydrolysis) is 2. The minimum Gasteiger partial charge on any atom is -0.546 e. The summed E-state index contributed by atoms with van der Waals surface area (Å²) in [6, 6.07) is 14.5. The number of amides is 2. The van der Waals surface area contributed by atoms with E-state index in [2.05, 4.69) is 21.3 Å². The number of nitrogens with one attached hydrogen (secondary N) is 4. The third kappa shape index (κ3) is 20.8. The van der Waals surface area contributed by atoms with Crippen molar-refractivity contribution in [2.24, 2.45) is 0 Å². The molecule has 2 amide bonds. The molecule has 4 saturated heterocycles. The van der Waals surface area contributed by atoms with Crippen LogP contribution in [0.5, 0.6) is 11.5 Å². The van der Waals surface area contributed by atoms with Gasteiger partial charge in [0.25, 0.3) is 0 Å². The molecule has 2 aromatic rings. The monoisotopic (exact) mass is 941 g/mol. The number of carboxylic acids is 2. The van der Waals surface area contributed by atoms with Crippen LogP contribution in [0, 0.1) is 0 Å². The molecule has 8 atom stereocenters. The molecule has 0 bridgehead atoms. The molecule has 4 heterocycles. The van der Waals surface area contributed by atoms with Crippen LogP contribution in [-0.2, 0) is 38.0 Å². The number of carboxylic acid groups (broad SMARTS) is 2. The van der Waals surface area contributed by atoms with Gasteiger partial charge >= 0.3 is 49.9 Å². The van der Waals surface area contributed by atoms with E-state index in [4.69, 9.17) is 37.9 Å². The Kier molecular flexibility index (Phi) is 25.0. The van der Waals surface area contributed by atoms with Gasteiger partial charge in [-0.3, -0.25) is 0 Å². The van der Waals surface area contributed by atoms with Crippen molar-refractivity contribution in [2.75, 3.05) is 52.7 Å². The number of piperidine rings is 2. The molecule has 4 fully saturated rings. The standard InChI is InChI=1S/2C24H36N2O7.2Li/c2*1-24(2,3)33-23(29)26-18-8-6-12-25-19(18)14-30-16-10-11-21(31-13-16)17-7-4-5-9-20(17)32-15-22(27)28;;/h2*4-5,7,9,16,18-19,21,25H,6,8,10-15H2,1-3H3,(H,26,29)(H,27,28);;/q;;2*+1/p-2/t2*16-,18?,19?,21-;;/m10../s1. The molecule has 18 nitrogen and oxygen atoms in total. The van der Waals surface area contributed by atoms with Crippen LogP contribution in [0.15, 0.2) is 48.5 Å². The summed E-state index contributed by atoms with van der Waals surface area (Å²) < 4.78 is 45.8. The van der Waals surface area contributed by atoms with E-state index in [0.29, 0.717) is 37.9 Å². The number of carbonyl (C=O) groups is 4. The maximum atomic E-state index is 12.2. The number of aliphatic carboxylic acids is 2. The van der Waals surface area contributed by atoms with Crippen LogP contribution < -0.4 is 78.7 Å². The summed E-state index contributed by atoms with van der Waals surface area (Å²) in [6.45, 7) is 13.6. The first-order valence-corrected chi connectivity index (χ1v) is 23.2. The minimum atomic E-state index is -1.27. The predicted octanol–water partition coefficient (Wildman–Crippen LogP) is -2.60. The molecule has 0 aromatic heterocycles. The second kappa shape index (κ2) is 29.0. The molecule has 6 rings (SSSR count). The molecule has 0 spiro atoms. The van der Waals surface area contributed by atoms with Crippen molar-refractivity contribution in [2.45, 2.75) is 153 Å². The smallest absolute Gasteiger partial charge is 0.546 e. The van der Waals surface area contributed by atoms with Gasteiger partial charge in [-0.2, -0.15) is 0 Å². The predicted molar refractivity (Wildman–Crippen MR) is 238 cm³/mol. The van der Waals surface area contributed by atoms with Gasteiger partial charge in [0.1, 0.15) is 35.9 Å². The van der Waals surface area contributed by atoms with Gasteiger partial charge < -0.3 is 79.0 Å². The fraction of sp³-hybridized carbons (Fsp3) is 0.667. The molecule has 4 N–H and O–H groups in total. The van der Waals surface area contributed by atoms with Gasteiger partial charge in [0, 0.05) is 23.2 Å². The second-order valence-corrected chi connectivity index (χ2v) is 19.0. The SMILES string of the molecule is CC(C)(C)OC(=O)NC1CCCNC1CO[C@@H]1CC[C@H](c2ccccc2OCC(=O)[O-])OC1.CC(C)(C)OC(=O)NC1CCCNC1CO[C@H]1CC[C@@H](c2ccccc2OCC(=O)[O-])OC1.[Li+].[Li+]. The Labute approximate surface area is 425 Å². The van der Waals surface area contributed by atoms with Crippen molar-refractivity contribution in [3.05, 3.63) is 59.7 Å². The third-order valence-corrected chi connectivity index (χ3v) is 11.3. The molecule has 368 valence electrons. The van der Waals surface area contributed by atoms with E-state index in [-0.39, 0.29) is 86.3 Å². The van der Waals surface area contributed by atoms with Gasteiger partial charge in [0.2, 0.25) is 0 Å². The molecule has 0 aliphatic carbocycles. The normalized spacial score (nSPS) is 25.0. The van der Waals surface area contributed by atoms with E-state index in [9.17, 15) is 29.4 Å². The van der Waals surface area contributed by atoms with E-state index in [1.807, 2.05) is 65.8 Å². The molecule has 2 aromatic carbocycles. The van der Waals surface area contributed by atoms with Crippen LogP contribution in [0.2, 0.25) is 0 Å². The van der Waals surface area contributed by atoms with Crippen LogP contribution in [0.1, 0.15) is 116 Å². The van der Waals surface area contributed by atoms with Crippen LogP contribution >= 0.6 is 0 Å². The number of para-hydroxylation sites is 2. The molecule has 0 saturated carbocycles. The van der Waals surface area contributed by atoms with Crippen molar-refractivity contribution in [3.63, 3.8) is 0 Å². The maximum absolute atomic E-state index is 12.2. The van der Waals surface area contributed by atoms with Gasteiger partial charge in [0.05, 0.1) is 74.9 Å². The van der Waals surface area contributed by atoms with Crippen molar-refractivity contribution < 1.29 is 105 Å². The first kappa shape index (κ1) is 58.8. The Morgan fingerprint density at radius 2 is 0.985 bits per heavy atom. The average Bonchev–Trinajstić information content (AvgIpc) is 3.26.